The number of nitrogens with zero attached hydrogens (tertiary/aromatic N) is 5. The standard InChI is InChI=1S/C28H30FN6O/c1-18-14-23(4-5-24(18)20-7-12-35(13-8-20)11-3-9-29)33-27-26-21(6-10-30-28(26)36)15-25(34-27)22-16-31-19(2)32-17-22/h4-6,10,14-17,20H,3,7-9,11-13H2,1-2H3,(H,33,34). The number of aromatic nitrogens is 3. The Hall–Kier alpha value is -3.65. The van der Waals surface area contributed by atoms with Crippen LogP contribution in [0.3, 0.4) is 0 Å². The van der Waals surface area contributed by atoms with Crippen LogP contribution in [-0.4, -0.2) is 52.1 Å². The number of hydrogen-bond donors (Lipinski definition) is 1. The van der Waals surface area contributed by atoms with Gasteiger partial charge in [0, 0.05) is 36.4 Å². The fourth-order valence-corrected chi connectivity index (χ4v) is 5.03. The highest BCUT2D eigenvalue weighted by Crippen LogP contribution is 2.34. The Kier molecular flexibility index (Phi) is 7.04. The lowest BCUT2D eigenvalue weighted by Gasteiger charge is -2.32. The maximum Gasteiger partial charge on any atom is 0.281 e. The molecule has 0 aliphatic carbocycles. The number of benzene rings is 1. The normalized spacial score (nSPS) is 16.0. The van der Waals surface area contributed by atoms with Crippen LogP contribution in [0.1, 0.15) is 58.1 Å². The van der Waals surface area contributed by atoms with Gasteiger partial charge in [0.1, 0.15) is 11.6 Å². The molecule has 2 aromatic heterocycles. The van der Waals surface area contributed by atoms with Crippen molar-refractivity contribution in [3.05, 3.63) is 70.9 Å². The van der Waals surface area contributed by atoms with Gasteiger partial charge in [-0.05, 0) is 93.1 Å². The lowest BCUT2D eigenvalue weighted by molar-refractivity contribution is 0.0965. The summed E-state index contributed by atoms with van der Waals surface area (Å²) < 4.78 is 12.5. The van der Waals surface area contributed by atoms with Crippen LogP contribution < -0.4 is 10.6 Å². The molecule has 2 aliphatic heterocycles. The molecule has 2 aliphatic rings. The zero-order valence-corrected chi connectivity index (χ0v) is 20.7. The maximum absolute atomic E-state index is 12.7. The van der Waals surface area contributed by atoms with Gasteiger partial charge in [-0.3, -0.25) is 9.18 Å². The number of piperidine rings is 1. The zero-order valence-electron chi connectivity index (χ0n) is 20.7. The second kappa shape index (κ2) is 10.5. The fourth-order valence-electron chi connectivity index (χ4n) is 5.03. The van der Waals surface area contributed by atoms with E-state index in [1.807, 2.05) is 25.1 Å². The Bertz CT molecular complexity index is 1280. The second-order valence-electron chi connectivity index (χ2n) is 9.44. The maximum atomic E-state index is 12.7. The third kappa shape index (κ3) is 5.14. The van der Waals surface area contributed by atoms with Gasteiger partial charge in [0.05, 0.1) is 17.9 Å². The molecule has 1 aromatic carbocycles. The highest BCUT2D eigenvalue weighted by molar-refractivity contribution is 6.05. The van der Waals surface area contributed by atoms with Crippen LogP contribution in [0.4, 0.5) is 15.9 Å². The van der Waals surface area contributed by atoms with Gasteiger partial charge >= 0.3 is 0 Å². The summed E-state index contributed by atoms with van der Waals surface area (Å²) in [6, 6.07) is 8.20. The van der Waals surface area contributed by atoms with Crippen LogP contribution in [0.5, 0.6) is 0 Å². The number of aryl methyl sites for hydroxylation is 2. The lowest BCUT2D eigenvalue weighted by Crippen LogP contribution is -2.34. The molecule has 0 saturated carbocycles. The summed E-state index contributed by atoms with van der Waals surface area (Å²) >= 11 is 0. The number of likely N-dealkylation sites (tertiary alicyclic amines) is 1. The van der Waals surface area contributed by atoms with Gasteiger partial charge in [-0.2, -0.15) is 0 Å². The fraction of sp³-hybridized carbons (Fsp3) is 0.357. The van der Waals surface area contributed by atoms with Crippen molar-refractivity contribution in [3.63, 3.8) is 0 Å². The number of hydrogen-bond acceptors (Lipinski definition) is 6. The molecule has 0 bridgehead atoms. The Morgan fingerprint density at radius 3 is 2.61 bits per heavy atom. The van der Waals surface area contributed by atoms with Crippen molar-refractivity contribution in [3.8, 4) is 11.3 Å². The van der Waals surface area contributed by atoms with E-state index in [0.29, 0.717) is 35.2 Å². The molecule has 0 spiro atoms. The summed E-state index contributed by atoms with van der Waals surface area (Å²) in [5.74, 6) is 1.34. The molecule has 36 heavy (non-hydrogen) atoms. The molecular weight excluding hydrogens is 455 g/mol. The Morgan fingerprint density at radius 2 is 1.89 bits per heavy atom. The van der Waals surface area contributed by atoms with Gasteiger partial charge in [0.15, 0.2) is 0 Å². The van der Waals surface area contributed by atoms with Gasteiger partial charge in [-0.15, -0.1) is 0 Å². The summed E-state index contributed by atoms with van der Waals surface area (Å²) in [5, 5.41) is 7.33. The first kappa shape index (κ1) is 24.1. The Morgan fingerprint density at radius 1 is 1.11 bits per heavy atom. The number of nitrogens with one attached hydrogen (secondary N) is 1. The first-order valence-corrected chi connectivity index (χ1v) is 12.4. The first-order valence-electron chi connectivity index (χ1n) is 12.4. The van der Waals surface area contributed by atoms with Crippen LogP contribution in [0.2, 0.25) is 0 Å². The van der Waals surface area contributed by atoms with Crippen LogP contribution in [0.15, 0.2) is 42.9 Å². The first-order chi connectivity index (χ1) is 17.5. The molecule has 1 N–H and O–H groups in total. The van der Waals surface area contributed by atoms with E-state index < -0.39 is 0 Å². The van der Waals surface area contributed by atoms with E-state index in [1.54, 1.807) is 12.4 Å². The zero-order chi connectivity index (χ0) is 25.1. The molecule has 5 rings (SSSR count). The lowest BCUT2D eigenvalue weighted by atomic mass is 9.86. The summed E-state index contributed by atoms with van der Waals surface area (Å²) in [4.78, 5) is 28.4. The monoisotopic (exact) mass is 485 g/mol. The van der Waals surface area contributed by atoms with Gasteiger partial charge in [0.25, 0.3) is 5.91 Å². The van der Waals surface area contributed by atoms with Crippen molar-refractivity contribution in [2.75, 3.05) is 31.6 Å². The number of halogens is 1. The Balaban J connectivity index is 1.39. The van der Waals surface area contributed by atoms with E-state index in [0.717, 1.165) is 49.3 Å². The Labute approximate surface area is 210 Å². The molecule has 8 heteroatoms. The number of carbonyl (C=O) groups is 1. The second-order valence-corrected chi connectivity index (χ2v) is 9.44. The minimum Gasteiger partial charge on any atom is -0.340 e. The summed E-state index contributed by atoms with van der Waals surface area (Å²) in [6.45, 7) is 6.58. The van der Waals surface area contributed by atoms with Gasteiger partial charge in [0.2, 0.25) is 0 Å². The van der Waals surface area contributed by atoms with E-state index >= 15 is 0 Å². The average Bonchev–Trinajstić information content (AvgIpc) is 2.88. The number of carbonyl (C=O) groups excluding carboxylic acids is 1. The predicted molar refractivity (Wildman–Crippen MR) is 139 cm³/mol. The molecule has 185 valence electrons. The van der Waals surface area contributed by atoms with E-state index in [2.05, 4.69) is 44.6 Å². The topological polar surface area (TPSA) is 85.1 Å². The molecule has 1 saturated heterocycles. The van der Waals surface area contributed by atoms with Crippen molar-refractivity contribution in [2.45, 2.75) is 39.0 Å². The van der Waals surface area contributed by atoms with Crippen LogP contribution in [0.25, 0.3) is 17.3 Å². The van der Waals surface area contributed by atoms with Crippen molar-refractivity contribution in [1.29, 1.82) is 0 Å². The number of fused-ring (bicyclic) bond motifs is 1. The van der Waals surface area contributed by atoms with Gasteiger partial charge < -0.3 is 10.2 Å². The number of pyridine rings is 1. The average molecular weight is 486 g/mol. The summed E-state index contributed by atoms with van der Waals surface area (Å²) in [6.07, 6.45) is 9.59. The van der Waals surface area contributed by atoms with Crippen molar-refractivity contribution >= 4 is 23.5 Å². The van der Waals surface area contributed by atoms with Crippen molar-refractivity contribution in [2.24, 2.45) is 0 Å². The number of amides is 1. The quantitative estimate of drug-likeness (QED) is 0.497. The van der Waals surface area contributed by atoms with Gasteiger partial charge in [-0.25, -0.2) is 20.3 Å². The van der Waals surface area contributed by atoms with E-state index in [-0.39, 0.29) is 12.6 Å². The highest BCUT2D eigenvalue weighted by atomic mass is 19.1. The third-order valence-electron chi connectivity index (χ3n) is 6.95. The molecule has 0 atom stereocenters. The van der Waals surface area contributed by atoms with E-state index in [4.69, 9.17) is 4.98 Å². The molecule has 7 nitrogen and oxygen atoms in total. The number of rotatable bonds is 7. The van der Waals surface area contributed by atoms with E-state index in [1.165, 1.54) is 17.3 Å². The molecule has 0 unspecified atom stereocenters. The molecule has 1 amide bonds. The molecule has 4 heterocycles. The SMILES string of the molecule is Cc1ncc(-c2cc3c(c(Nc4ccc(C5CCN(CCCF)CC5)c(C)c4)n2)C(=O)[N]C=C3)cn1. The smallest absolute Gasteiger partial charge is 0.281 e. The largest absolute Gasteiger partial charge is 0.340 e. The number of anilines is 2. The van der Waals surface area contributed by atoms with Crippen LogP contribution >= 0.6 is 0 Å². The molecule has 3 aromatic rings. The van der Waals surface area contributed by atoms with Crippen molar-refractivity contribution < 1.29 is 9.18 Å². The third-order valence-corrected chi connectivity index (χ3v) is 6.95. The minimum atomic E-state index is -0.318. The predicted octanol–water partition coefficient (Wildman–Crippen LogP) is 5.17. The molecule has 1 fully saturated rings. The summed E-state index contributed by atoms with van der Waals surface area (Å²) in [7, 11) is 0. The summed E-state index contributed by atoms with van der Waals surface area (Å²) in [5.41, 5.74) is 6.09. The molecular formula is C28H30FN6O. The van der Waals surface area contributed by atoms with Crippen LogP contribution in [-0.2, 0) is 0 Å². The highest BCUT2D eigenvalue weighted by Gasteiger charge is 2.24. The molecule has 1 radical (unpaired) electrons. The minimum absolute atomic E-state index is 0.247. The van der Waals surface area contributed by atoms with Gasteiger partial charge in [-0.1, -0.05) is 6.07 Å². The van der Waals surface area contributed by atoms with Crippen LogP contribution in [0, 0.1) is 13.8 Å². The van der Waals surface area contributed by atoms with Crippen molar-refractivity contribution in [1.82, 2.24) is 25.2 Å². The van der Waals surface area contributed by atoms with E-state index in [9.17, 15) is 9.18 Å². The number of alkyl halides is 1.